The van der Waals surface area contributed by atoms with Gasteiger partial charge >= 0.3 is 5.97 Å². The van der Waals surface area contributed by atoms with Gasteiger partial charge in [-0.1, -0.05) is 43.3 Å². The van der Waals surface area contributed by atoms with Gasteiger partial charge in [-0.05, 0) is 44.4 Å². The molecule has 34 heavy (non-hydrogen) atoms. The molecule has 0 saturated heterocycles. The van der Waals surface area contributed by atoms with E-state index in [1.807, 2.05) is 68.4 Å². The molecule has 0 spiro atoms. The molecule has 6 nitrogen and oxygen atoms in total. The maximum atomic E-state index is 13.4. The van der Waals surface area contributed by atoms with E-state index in [9.17, 15) is 9.59 Å². The number of rotatable bonds is 9. The predicted octanol–water partition coefficient (Wildman–Crippen LogP) is 5.28. The molecule has 1 heterocycles. The molecule has 2 aliphatic rings. The van der Waals surface area contributed by atoms with E-state index >= 15 is 0 Å². The third-order valence-electron chi connectivity index (χ3n) is 6.17. The van der Waals surface area contributed by atoms with E-state index in [1.165, 1.54) is 0 Å². The first-order chi connectivity index (χ1) is 16.6. The third kappa shape index (κ3) is 5.22. The molecule has 1 aliphatic carbocycles. The van der Waals surface area contributed by atoms with Gasteiger partial charge in [0.05, 0.1) is 18.1 Å². The average Bonchev–Trinajstić information content (AvgIpc) is 2.85. The van der Waals surface area contributed by atoms with E-state index in [2.05, 4.69) is 0 Å². The molecule has 0 aromatic heterocycles. The maximum Gasteiger partial charge on any atom is 0.336 e. The van der Waals surface area contributed by atoms with Crippen molar-refractivity contribution in [2.75, 3.05) is 19.8 Å². The Labute approximate surface area is 200 Å². The topological polar surface area (TPSA) is 74.2 Å². The van der Waals surface area contributed by atoms with Crippen molar-refractivity contribution in [1.29, 1.82) is 0 Å². The Hall–Kier alpha value is -3.41. The van der Waals surface area contributed by atoms with Gasteiger partial charge in [-0.2, -0.15) is 0 Å². The van der Waals surface area contributed by atoms with Gasteiger partial charge in [0.15, 0.2) is 0 Å². The quantitative estimate of drug-likeness (QED) is 0.375. The number of nitrogens with zero attached hydrogens (tertiary/aromatic N) is 1. The zero-order valence-corrected chi connectivity index (χ0v) is 19.8. The Balaban J connectivity index is 1.61. The first-order valence-electron chi connectivity index (χ1n) is 12.0. The van der Waals surface area contributed by atoms with Gasteiger partial charge in [0.1, 0.15) is 30.5 Å². The van der Waals surface area contributed by atoms with Crippen molar-refractivity contribution in [1.82, 2.24) is 0 Å². The molecule has 0 bridgehead atoms. The number of ether oxygens (including phenoxy) is 3. The highest BCUT2D eigenvalue weighted by Gasteiger charge is 2.44. The number of carbonyl (C=O) groups is 2. The van der Waals surface area contributed by atoms with E-state index in [0.717, 1.165) is 30.5 Å². The summed E-state index contributed by atoms with van der Waals surface area (Å²) in [6.45, 7) is 4.76. The molecule has 2 aromatic carbocycles. The van der Waals surface area contributed by atoms with Gasteiger partial charge in [-0.25, -0.2) is 4.79 Å². The summed E-state index contributed by atoms with van der Waals surface area (Å²) < 4.78 is 17.3. The van der Waals surface area contributed by atoms with Crippen LogP contribution in [-0.4, -0.2) is 37.3 Å². The number of carbonyl (C=O) groups excluding carboxylic acids is 2. The van der Waals surface area contributed by atoms with E-state index in [0.29, 0.717) is 35.8 Å². The minimum atomic E-state index is -0.476. The van der Waals surface area contributed by atoms with Crippen molar-refractivity contribution < 1.29 is 23.8 Å². The smallest absolute Gasteiger partial charge is 0.336 e. The molecule has 2 aromatic rings. The number of Topliss-reactive ketones (excluding diaryl/α,β-unsaturated/α-hetero) is 1. The Bertz CT molecular complexity index is 1090. The number of fused-ring (bicyclic) bond motifs is 1. The summed E-state index contributed by atoms with van der Waals surface area (Å²) in [6.07, 6.45) is 2.90. The number of benzene rings is 2. The monoisotopic (exact) mass is 461 g/mol. The lowest BCUT2D eigenvalue weighted by molar-refractivity contribution is -0.140. The minimum absolute atomic E-state index is 0.0976. The largest absolute Gasteiger partial charge is 0.493 e. The summed E-state index contributed by atoms with van der Waals surface area (Å²) in [5.41, 5.74) is 2.71. The van der Waals surface area contributed by atoms with E-state index < -0.39 is 17.8 Å². The number of allylic oxidation sites excluding steroid dienone is 1. The van der Waals surface area contributed by atoms with Crippen LogP contribution in [-0.2, 0) is 14.3 Å². The van der Waals surface area contributed by atoms with Crippen LogP contribution in [0.25, 0.3) is 0 Å². The van der Waals surface area contributed by atoms with Crippen LogP contribution in [0.3, 0.4) is 0 Å². The van der Waals surface area contributed by atoms with Crippen molar-refractivity contribution in [3.63, 3.8) is 0 Å². The van der Waals surface area contributed by atoms with Crippen LogP contribution in [0.5, 0.6) is 11.5 Å². The normalized spacial score (nSPS) is 19.8. The van der Waals surface area contributed by atoms with Crippen molar-refractivity contribution in [2.45, 2.75) is 45.4 Å². The standard InChI is InChI=1S/C28H31NO5/c1-3-16-33-24-15-8-7-12-21(24)26-25(19(2)29-22-13-9-14-23(30)27(22)26)28(31)34-18-17-32-20-10-5-4-6-11-20/h4-8,10-12,15,26-27H,3,9,13-14,16-18H2,1-2H3/t26-,27?/m1/s1. The summed E-state index contributed by atoms with van der Waals surface area (Å²) in [5.74, 6) is 0.118. The number of hydrogen-bond acceptors (Lipinski definition) is 6. The molecule has 178 valence electrons. The van der Waals surface area contributed by atoms with Gasteiger partial charge in [-0.3, -0.25) is 9.79 Å². The van der Waals surface area contributed by atoms with Crippen LogP contribution in [0.1, 0.15) is 51.0 Å². The molecule has 0 amide bonds. The molecule has 1 unspecified atom stereocenters. The fourth-order valence-corrected chi connectivity index (χ4v) is 4.69. The maximum absolute atomic E-state index is 13.4. The molecule has 1 saturated carbocycles. The first kappa shape index (κ1) is 23.7. The van der Waals surface area contributed by atoms with Gasteiger partial charge in [0.25, 0.3) is 0 Å². The molecule has 1 aliphatic heterocycles. The number of para-hydroxylation sites is 2. The zero-order valence-electron chi connectivity index (χ0n) is 19.8. The van der Waals surface area contributed by atoms with Gasteiger partial charge < -0.3 is 14.2 Å². The van der Waals surface area contributed by atoms with Crippen LogP contribution in [0.4, 0.5) is 0 Å². The Morgan fingerprint density at radius 3 is 2.50 bits per heavy atom. The van der Waals surface area contributed by atoms with Crippen molar-refractivity contribution in [3.05, 3.63) is 71.4 Å². The molecule has 0 radical (unpaired) electrons. The van der Waals surface area contributed by atoms with E-state index in [4.69, 9.17) is 19.2 Å². The fourth-order valence-electron chi connectivity index (χ4n) is 4.69. The molecule has 4 rings (SSSR count). The molecule has 1 fully saturated rings. The van der Waals surface area contributed by atoms with E-state index in [-0.39, 0.29) is 19.0 Å². The fraction of sp³-hybridized carbons (Fsp3) is 0.393. The number of esters is 1. The molecule has 0 N–H and O–H groups in total. The van der Waals surface area contributed by atoms with Gasteiger partial charge in [0.2, 0.25) is 0 Å². The number of aliphatic imine (C=N–C) groups is 1. The number of ketones is 1. The summed E-state index contributed by atoms with van der Waals surface area (Å²) in [4.78, 5) is 31.2. The van der Waals surface area contributed by atoms with Crippen LogP contribution >= 0.6 is 0 Å². The Kier molecular flexibility index (Phi) is 7.78. The van der Waals surface area contributed by atoms with Crippen LogP contribution in [0.2, 0.25) is 0 Å². The lowest BCUT2D eigenvalue weighted by Gasteiger charge is -2.36. The van der Waals surface area contributed by atoms with Crippen molar-refractivity contribution in [2.24, 2.45) is 10.9 Å². The van der Waals surface area contributed by atoms with Crippen molar-refractivity contribution >= 4 is 17.5 Å². The van der Waals surface area contributed by atoms with Gasteiger partial charge in [-0.15, -0.1) is 0 Å². The predicted molar refractivity (Wildman–Crippen MR) is 130 cm³/mol. The second-order valence-corrected chi connectivity index (χ2v) is 8.56. The summed E-state index contributed by atoms with van der Waals surface area (Å²) in [5, 5.41) is 0. The summed E-state index contributed by atoms with van der Waals surface area (Å²) >= 11 is 0. The van der Waals surface area contributed by atoms with Crippen LogP contribution < -0.4 is 9.47 Å². The lowest BCUT2D eigenvalue weighted by atomic mass is 9.69. The Morgan fingerprint density at radius 2 is 1.71 bits per heavy atom. The zero-order chi connectivity index (χ0) is 23.9. The van der Waals surface area contributed by atoms with Crippen molar-refractivity contribution in [3.8, 4) is 11.5 Å². The number of hydrogen-bond donors (Lipinski definition) is 0. The molecule has 6 heteroatoms. The average molecular weight is 462 g/mol. The van der Waals surface area contributed by atoms with Crippen LogP contribution in [0, 0.1) is 5.92 Å². The summed E-state index contributed by atoms with van der Waals surface area (Å²) in [6, 6.07) is 17.1. The molecular formula is C28H31NO5. The highest BCUT2D eigenvalue weighted by atomic mass is 16.6. The van der Waals surface area contributed by atoms with Crippen LogP contribution in [0.15, 0.2) is 70.9 Å². The summed E-state index contributed by atoms with van der Waals surface area (Å²) in [7, 11) is 0. The first-order valence-corrected chi connectivity index (χ1v) is 12.0. The third-order valence-corrected chi connectivity index (χ3v) is 6.17. The Morgan fingerprint density at radius 1 is 0.941 bits per heavy atom. The second-order valence-electron chi connectivity index (χ2n) is 8.56. The highest BCUT2D eigenvalue weighted by Crippen LogP contribution is 2.45. The van der Waals surface area contributed by atoms with Gasteiger partial charge in [0, 0.05) is 29.3 Å². The van der Waals surface area contributed by atoms with E-state index in [1.54, 1.807) is 0 Å². The second kappa shape index (κ2) is 11.1. The lowest BCUT2D eigenvalue weighted by Crippen LogP contribution is -2.39. The minimum Gasteiger partial charge on any atom is -0.493 e. The SMILES string of the molecule is CCCOc1ccccc1[C@@H]1C(C(=O)OCCOc2ccccc2)=C(C)N=C2CCCC(=O)C21. The molecule has 2 atom stereocenters. The molecular weight excluding hydrogens is 430 g/mol. The highest BCUT2D eigenvalue weighted by molar-refractivity contribution is 6.11.